The second kappa shape index (κ2) is 6.86. The number of primary amides is 1. The molecule has 108 valence electrons. The van der Waals surface area contributed by atoms with Gasteiger partial charge in [-0.2, -0.15) is 0 Å². The number of nitrogens with one attached hydrogen (secondary N) is 1. The molecule has 0 aromatic carbocycles. The number of nitrogens with zero attached hydrogens (tertiary/aromatic N) is 2. The van der Waals surface area contributed by atoms with Gasteiger partial charge < -0.3 is 16.0 Å². The highest BCUT2D eigenvalue weighted by molar-refractivity contribution is 5.78. The number of piperidine rings is 1. The zero-order valence-electron chi connectivity index (χ0n) is 11.4. The third-order valence-corrected chi connectivity index (χ3v) is 4.04. The van der Waals surface area contributed by atoms with Crippen LogP contribution < -0.4 is 11.1 Å². The first kappa shape index (κ1) is 14.3. The first-order valence-corrected chi connectivity index (χ1v) is 7.17. The molecule has 0 aliphatic carbocycles. The van der Waals surface area contributed by atoms with Crippen LogP contribution in [0.2, 0.25) is 0 Å². The molecule has 19 heavy (non-hydrogen) atoms. The van der Waals surface area contributed by atoms with Crippen molar-refractivity contribution in [3.63, 3.8) is 0 Å². The first-order chi connectivity index (χ1) is 9.16. The zero-order chi connectivity index (χ0) is 13.7. The molecule has 0 bridgehead atoms. The van der Waals surface area contributed by atoms with Gasteiger partial charge in [0.05, 0.1) is 6.54 Å². The van der Waals surface area contributed by atoms with E-state index in [1.165, 1.54) is 0 Å². The Hall–Kier alpha value is -1.14. The monoisotopic (exact) mass is 268 g/mol. The molecule has 0 aromatic heterocycles. The highest BCUT2D eigenvalue weighted by Gasteiger charge is 2.25. The van der Waals surface area contributed by atoms with E-state index in [2.05, 4.69) is 10.2 Å². The van der Waals surface area contributed by atoms with Crippen molar-refractivity contribution < 1.29 is 9.59 Å². The SMILES string of the molecule is NC(=O)C1CCN(CC(=O)N2CCCNCC2)CC1. The summed E-state index contributed by atoms with van der Waals surface area (Å²) < 4.78 is 0. The Kier molecular flexibility index (Phi) is 5.15. The molecule has 2 heterocycles. The number of carbonyl (C=O) groups excluding carboxylic acids is 2. The summed E-state index contributed by atoms with van der Waals surface area (Å²) in [6, 6.07) is 0. The van der Waals surface area contributed by atoms with E-state index in [0.717, 1.165) is 58.5 Å². The van der Waals surface area contributed by atoms with E-state index in [-0.39, 0.29) is 17.7 Å². The lowest BCUT2D eigenvalue weighted by Gasteiger charge is -2.31. The minimum absolute atomic E-state index is 0.00580. The Morgan fingerprint density at radius 3 is 2.53 bits per heavy atom. The highest BCUT2D eigenvalue weighted by Crippen LogP contribution is 2.16. The summed E-state index contributed by atoms with van der Waals surface area (Å²) in [7, 11) is 0. The van der Waals surface area contributed by atoms with Gasteiger partial charge in [-0.3, -0.25) is 14.5 Å². The molecule has 0 unspecified atom stereocenters. The fourth-order valence-electron chi connectivity index (χ4n) is 2.76. The van der Waals surface area contributed by atoms with Gasteiger partial charge in [-0.05, 0) is 38.9 Å². The molecule has 2 amide bonds. The number of amides is 2. The first-order valence-electron chi connectivity index (χ1n) is 7.17. The second-order valence-electron chi connectivity index (χ2n) is 5.44. The van der Waals surface area contributed by atoms with Crippen LogP contribution in [0.25, 0.3) is 0 Å². The fraction of sp³-hybridized carbons (Fsp3) is 0.846. The fourth-order valence-corrected chi connectivity index (χ4v) is 2.76. The summed E-state index contributed by atoms with van der Waals surface area (Å²) in [6.45, 7) is 5.60. The Labute approximate surface area is 114 Å². The Morgan fingerprint density at radius 2 is 1.84 bits per heavy atom. The lowest BCUT2D eigenvalue weighted by molar-refractivity contribution is -0.132. The molecule has 2 fully saturated rings. The molecule has 6 heteroatoms. The van der Waals surface area contributed by atoms with Crippen LogP contribution in [0, 0.1) is 5.92 Å². The minimum atomic E-state index is -0.204. The lowest BCUT2D eigenvalue weighted by Crippen LogP contribution is -2.45. The van der Waals surface area contributed by atoms with E-state index in [0.29, 0.717) is 6.54 Å². The number of hydrogen-bond donors (Lipinski definition) is 2. The number of nitrogens with two attached hydrogens (primary N) is 1. The molecular weight excluding hydrogens is 244 g/mol. The van der Waals surface area contributed by atoms with Gasteiger partial charge in [0.2, 0.25) is 11.8 Å². The van der Waals surface area contributed by atoms with E-state index >= 15 is 0 Å². The van der Waals surface area contributed by atoms with Crippen molar-refractivity contribution in [2.45, 2.75) is 19.3 Å². The molecule has 0 aromatic rings. The van der Waals surface area contributed by atoms with Gasteiger partial charge in [0.15, 0.2) is 0 Å². The van der Waals surface area contributed by atoms with Gasteiger partial charge in [-0.1, -0.05) is 0 Å². The third kappa shape index (κ3) is 4.18. The van der Waals surface area contributed by atoms with Crippen LogP contribution in [0.3, 0.4) is 0 Å². The quantitative estimate of drug-likeness (QED) is 0.688. The predicted octanol–water partition coefficient (Wildman–Crippen LogP) is -0.994. The summed E-state index contributed by atoms with van der Waals surface area (Å²) in [5.74, 6) is -0.000433. The molecule has 0 radical (unpaired) electrons. The highest BCUT2D eigenvalue weighted by atomic mass is 16.2. The van der Waals surface area contributed by atoms with E-state index in [9.17, 15) is 9.59 Å². The van der Waals surface area contributed by atoms with E-state index < -0.39 is 0 Å². The summed E-state index contributed by atoms with van der Waals surface area (Å²) in [6.07, 6.45) is 2.59. The van der Waals surface area contributed by atoms with Crippen molar-refractivity contribution >= 4 is 11.8 Å². The third-order valence-electron chi connectivity index (χ3n) is 4.04. The number of hydrogen-bond acceptors (Lipinski definition) is 4. The molecule has 3 N–H and O–H groups in total. The zero-order valence-corrected chi connectivity index (χ0v) is 11.4. The molecule has 0 saturated carbocycles. The molecule has 6 nitrogen and oxygen atoms in total. The summed E-state index contributed by atoms with van der Waals surface area (Å²) in [5, 5.41) is 3.30. The molecular formula is C13H24N4O2. The van der Waals surface area contributed by atoms with Crippen molar-refractivity contribution in [1.82, 2.24) is 15.1 Å². The molecule has 2 aliphatic rings. The second-order valence-corrected chi connectivity index (χ2v) is 5.44. The van der Waals surface area contributed by atoms with Crippen molar-refractivity contribution in [2.24, 2.45) is 11.7 Å². The van der Waals surface area contributed by atoms with E-state index in [4.69, 9.17) is 5.73 Å². The Balaban J connectivity index is 1.75. The number of likely N-dealkylation sites (tertiary alicyclic amines) is 1. The smallest absolute Gasteiger partial charge is 0.236 e. The van der Waals surface area contributed by atoms with Gasteiger partial charge in [0.1, 0.15) is 0 Å². The standard InChI is InChI=1S/C13H24N4O2/c14-13(19)11-2-7-16(8-3-11)10-12(18)17-6-1-4-15-5-9-17/h11,15H,1-10H2,(H2,14,19). The van der Waals surface area contributed by atoms with Gasteiger partial charge >= 0.3 is 0 Å². The van der Waals surface area contributed by atoms with E-state index in [1.54, 1.807) is 0 Å². The number of rotatable bonds is 3. The van der Waals surface area contributed by atoms with Crippen LogP contribution in [-0.4, -0.2) is 67.4 Å². The summed E-state index contributed by atoms with van der Waals surface area (Å²) >= 11 is 0. The Morgan fingerprint density at radius 1 is 1.11 bits per heavy atom. The average molecular weight is 268 g/mol. The molecule has 0 atom stereocenters. The topological polar surface area (TPSA) is 78.7 Å². The maximum absolute atomic E-state index is 12.2. The predicted molar refractivity (Wildman–Crippen MR) is 72.4 cm³/mol. The minimum Gasteiger partial charge on any atom is -0.369 e. The normalized spacial score (nSPS) is 23.1. The van der Waals surface area contributed by atoms with Gasteiger partial charge in [0, 0.05) is 25.6 Å². The van der Waals surface area contributed by atoms with Crippen LogP contribution in [0.4, 0.5) is 0 Å². The van der Waals surface area contributed by atoms with Crippen molar-refractivity contribution in [3.05, 3.63) is 0 Å². The molecule has 2 saturated heterocycles. The van der Waals surface area contributed by atoms with Crippen molar-refractivity contribution in [1.29, 1.82) is 0 Å². The molecule has 2 rings (SSSR count). The van der Waals surface area contributed by atoms with Crippen LogP contribution >= 0.6 is 0 Å². The van der Waals surface area contributed by atoms with Gasteiger partial charge in [-0.15, -0.1) is 0 Å². The maximum atomic E-state index is 12.2. The van der Waals surface area contributed by atoms with Gasteiger partial charge in [0.25, 0.3) is 0 Å². The summed E-state index contributed by atoms with van der Waals surface area (Å²) in [5.41, 5.74) is 5.31. The van der Waals surface area contributed by atoms with Gasteiger partial charge in [-0.25, -0.2) is 0 Å². The van der Waals surface area contributed by atoms with Crippen molar-refractivity contribution in [2.75, 3.05) is 45.8 Å². The average Bonchev–Trinajstić information content (AvgIpc) is 2.68. The lowest BCUT2D eigenvalue weighted by atomic mass is 9.96. The largest absolute Gasteiger partial charge is 0.369 e. The number of carbonyl (C=O) groups is 2. The Bertz CT molecular complexity index is 319. The van der Waals surface area contributed by atoms with E-state index in [1.807, 2.05) is 4.90 Å². The van der Waals surface area contributed by atoms with Crippen LogP contribution in [0.1, 0.15) is 19.3 Å². The van der Waals surface area contributed by atoms with Crippen molar-refractivity contribution in [3.8, 4) is 0 Å². The van der Waals surface area contributed by atoms with Crippen LogP contribution in [0.15, 0.2) is 0 Å². The van der Waals surface area contributed by atoms with Crippen LogP contribution in [-0.2, 0) is 9.59 Å². The van der Waals surface area contributed by atoms with Crippen LogP contribution in [0.5, 0.6) is 0 Å². The maximum Gasteiger partial charge on any atom is 0.236 e. The molecule has 0 spiro atoms. The molecule has 2 aliphatic heterocycles. The summed E-state index contributed by atoms with van der Waals surface area (Å²) in [4.78, 5) is 27.4.